The molecular weight excluding hydrogens is 206 g/mol. The topological polar surface area (TPSA) is 37.8 Å². The van der Waals surface area contributed by atoms with Crippen molar-refractivity contribution in [1.82, 2.24) is 9.97 Å². The summed E-state index contributed by atoms with van der Waals surface area (Å²) < 4.78 is 2.62. The van der Waals surface area contributed by atoms with Gasteiger partial charge in [-0.25, -0.2) is 9.97 Å². The van der Waals surface area contributed by atoms with Crippen LogP contribution in [0.2, 0.25) is 5.02 Å². The number of fused-ring (bicyclic) bond motifs is 1. The Kier molecular flexibility index (Phi) is 2.24. The third kappa shape index (κ3) is 1.55. The maximum absolute atomic E-state index is 5.91. The van der Waals surface area contributed by atoms with Crippen molar-refractivity contribution in [2.24, 2.45) is 0 Å². The van der Waals surface area contributed by atoms with Gasteiger partial charge in [0.1, 0.15) is 5.52 Å². The van der Waals surface area contributed by atoms with Gasteiger partial charge in [0, 0.05) is 0 Å². The highest BCUT2D eigenvalue weighted by atomic mass is 35.5. The van der Waals surface area contributed by atoms with E-state index in [0.29, 0.717) is 16.4 Å². The molecule has 0 spiro atoms. The molecule has 2 aromatic rings. The lowest BCUT2D eigenvalue weighted by Gasteiger charge is -2.00. The van der Waals surface area contributed by atoms with E-state index >= 15 is 0 Å². The number of nitrogens with zero attached hydrogens (tertiary/aromatic N) is 2. The number of aromatic nitrogens is 2. The molecule has 0 amide bonds. The fraction of sp³-hybridized carbons (Fsp3) is 0. The van der Waals surface area contributed by atoms with E-state index in [-0.39, 0.29) is 0 Å². The van der Waals surface area contributed by atoms with E-state index in [1.807, 2.05) is 12.1 Å². The maximum Gasteiger partial charge on any atom is 0.154 e. The van der Waals surface area contributed by atoms with Gasteiger partial charge in [-0.2, -0.15) is 0 Å². The number of benzene rings is 1. The highest BCUT2D eigenvalue weighted by molar-refractivity contribution is 7.81. The molecule has 0 bridgehead atoms. The quantitative estimate of drug-likeness (QED) is 0.712. The number of thiol groups is 1. The van der Waals surface area contributed by atoms with Gasteiger partial charge in [0.25, 0.3) is 0 Å². The number of hydrogen-bond acceptors (Lipinski definition) is 4. The number of nitrogens with one attached hydrogen (secondary N) is 1. The van der Waals surface area contributed by atoms with Crippen LogP contribution >= 0.6 is 24.4 Å². The van der Waals surface area contributed by atoms with Crippen molar-refractivity contribution in [3.05, 3.63) is 29.4 Å². The molecule has 1 heterocycles. The summed E-state index contributed by atoms with van der Waals surface area (Å²) in [4.78, 5) is 8.37. The molecule has 0 saturated carbocycles. The molecule has 66 valence electrons. The summed E-state index contributed by atoms with van der Waals surface area (Å²) >= 11 is 9.79. The number of para-hydroxylation sites is 1. The standard InChI is InChI=1S/C8H6ClN3S/c9-5-2-1-3-6-8(5)10-4-7(11-6)12-13/h1-4,13H,(H,11,12). The molecule has 1 aromatic carbocycles. The monoisotopic (exact) mass is 211 g/mol. The van der Waals surface area contributed by atoms with Crippen molar-refractivity contribution in [2.45, 2.75) is 0 Å². The van der Waals surface area contributed by atoms with Gasteiger partial charge in [0.15, 0.2) is 5.82 Å². The Morgan fingerprint density at radius 3 is 3.00 bits per heavy atom. The first-order chi connectivity index (χ1) is 6.31. The van der Waals surface area contributed by atoms with Crippen LogP contribution in [-0.4, -0.2) is 9.97 Å². The fourth-order valence-electron chi connectivity index (χ4n) is 1.06. The minimum Gasteiger partial charge on any atom is -0.316 e. The van der Waals surface area contributed by atoms with Crippen molar-refractivity contribution in [1.29, 1.82) is 0 Å². The van der Waals surface area contributed by atoms with Crippen LogP contribution in [0.1, 0.15) is 0 Å². The smallest absolute Gasteiger partial charge is 0.154 e. The summed E-state index contributed by atoms with van der Waals surface area (Å²) in [5.74, 6) is 0.609. The molecule has 0 aliphatic heterocycles. The molecule has 0 aliphatic rings. The molecule has 5 heteroatoms. The summed E-state index contributed by atoms with van der Waals surface area (Å²) in [6.45, 7) is 0. The lowest BCUT2D eigenvalue weighted by molar-refractivity contribution is 1.30. The predicted molar refractivity (Wildman–Crippen MR) is 57.2 cm³/mol. The first kappa shape index (κ1) is 8.59. The van der Waals surface area contributed by atoms with E-state index < -0.39 is 0 Å². The minimum atomic E-state index is 0.607. The normalized spacial score (nSPS) is 10.3. The lowest BCUT2D eigenvalue weighted by Crippen LogP contribution is -1.89. The van der Waals surface area contributed by atoms with E-state index in [1.165, 1.54) is 0 Å². The fourth-order valence-corrected chi connectivity index (χ4v) is 1.39. The molecule has 3 nitrogen and oxygen atoms in total. The first-order valence-corrected chi connectivity index (χ1v) is 4.45. The number of anilines is 1. The molecule has 0 atom stereocenters. The average molecular weight is 212 g/mol. The second-order valence-electron chi connectivity index (χ2n) is 2.47. The first-order valence-electron chi connectivity index (χ1n) is 3.62. The Labute approximate surface area is 85.7 Å². The van der Waals surface area contributed by atoms with Crippen molar-refractivity contribution >= 4 is 41.3 Å². The van der Waals surface area contributed by atoms with Gasteiger partial charge in [-0.05, 0) is 12.1 Å². The average Bonchev–Trinajstić information content (AvgIpc) is 2.18. The van der Waals surface area contributed by atoms with Gasteiger partial charge in [0.05, 0.1) is 16.7 Å². The Morgan fingerprint density at radius 2 is 2.23 bits per heavy atom. The second kappa shape index (κ2) is 3.40. The zero-order valence-corrected chi connectivity index (χ0v) is 8.18. The van der Waals surface area contributed by atoms with Crippen molar-refractivity contribution in [3.63, 3.8) is 0 Å². The maximum atomic E-state index is 5.91. The third-order valence-corrected chi connectivity index (χ3v) is 2.17. The Hall–Kier alpha value is -1.00. The van der Waals surface area contributed by atoms with Crippen LogP contribution in [0, 0.1) is 0 Å². The van der Waals surface area contributed by atoms with Crippen LogP contribution in [0.4, 0.5) is 5.82 Å². The molecular formula is C8H6ClN3S. The zero-order chi connectivity index (χ0) is 9.26. The van der Waals surface area contributed by atoms with Crippen LogP contribution in [0.5, 0.6) is 0 Å². The minimum absolute atomic E-state index is 0.607. The van der Waals surface area contributed by atoms with Crippen LogP contribution in [0.15, 0.2) is 24.4 Å². The summed E-state index contributed by atoms with van der Waals surface area (Å²) in [6.07, 6.45) is 1.58. The molecule has 1 aromatic heterocycles. The molecule has 0 saturated heterocycles. The van der Waals surface area contributed by atoms with E-state index in [1.54, 1.807) is 12.3 Å². The highest BCUT2D eigenvalue weighted by Gasteiger charge is 2.01. The molecule has 0 aliphatic carbocycles. The lowest BCUT2D eigenvalue weighted by atomic mass is 10.3. The van der Waals surface area contributed by atoms with E-state index in [4.69, 9.17) is 11.6 Å². The largest absolute Gasteiger partial charge is 0.316 e. The number of hydrogen-bond donors (Lipinski definition) is 2. The predicted octanol–water partition coefficient (Wildman–Crippen LogP) is 2.54. The van der Waals surface area contributed by atoms with Gasteiger partial charge < -0.3 is 4.72 Å². The molecule has 1 N–H and O–H groups in total. The Bertz CT molecular complexity index is 446. The molecule has 13 heavy (non-hydrogen) atoms. The SMILES string of the molecule is SNc1cnc2c(Cl)cccc2n1. The molecule has 0 fully saturated rings. The van der Waals surface area contributed by atoms with Crippen molar-refractivity contribution in [3.8, 4) is 0 Å². The zero-order valence-electron chi connectivity index (χ0n) is 6.53. The summed E-state index contributed by atoms with van der Waals surface area (Å²) in [5, 5.41) is 0.607. The van der Waals surface area contributed by atoms with Crippen LogP contribution in [0.3, 0.4) is 0 Å². The summed E-state index contributed by atoms with van der Waals surface area (Å²) in [5.41, 5.74) is 1.46. The van der Waals surface area contributed by atoms with E-state index in [2.05, 4.69) is 27.5 Å². The molecule has 0 radical (unpaired) electrons. The molecule has 0 unspecified atom stereocenters. The van der Waals surface area contributed by atoms with Gasteiger partial charge in [0.2, 0.25) is 0 Å². The van der Waals surface area contributed by atoms with Crippen molar-refractivity contribution in [2.75, 3.05) is 4.72 Å². The number of rotatable bonds is 1. The van der Waals surface area contributed by atoms with Gasteiger partial charge in [-0.3, -0.25) is 0 Å². The van der Waals surface area contributed by atoms with E-state index in [9.17, 15) is 0 Å². The molecule has 2 rings (SSSR count). The van der Waals surface area contributed by atoms with Crippen LogP contribution in [-0.2, 0) is 0 Å². The second-order valence-corrected chi connectivity index (χ2v) is 3.11. The summed E-state index contributed by atoms with van der Waals surface area (Å²) in [7, 11) is 0. The Morgan fingerprint density at radius 1 is 1.38 bits per heavy atom. The highest BCUT2D eigenvalue weighted by Crippen LogP contribution is 2.20. The van der Waals surface area contributed by atoms with Crippen LogP contribution in [0.25, 0.3) is 11.0 Å². The summed E-state index contributed by atoms with van der Waals surface area (Å²) in [6, 6.07) is 5.47. The third-order valence-electron chi connectivity index (χ3n) is 1.64. The van der Waals surface area contributed by atoms with Crippen LogP contribution < -0.4 is 4.72 Å². The van der Waals surface area contributed by atoms with Gasteiger partial charge >= 0.3 is 0 Å². The van der Waals surface area contributed by atoms with Gasteiger partial charge in [-0.15, -0.1) is 0 Å². The Balaban J connectivity index is 2.72. The number of halogens is 1. The van der Waals surface area contributed by atoms with Crippen molar-refractivity contribution < 1.29 is 0 Å². The van der Waals surface area contributed by atoms with E-state index in [0.717, 1.165) is 5.52 Å². The van der Waals surface area contributed by atoms with Gasteiger partial charge in [-0.1, -0.05) is 30.5 Å².